The fourth-order valence-electron chi connectivity index (χ4n) is 1.61. The minimum Gasteiger partial charge on any atom is -0.271 e. The molecule has 1 heterocycles. The maximum atomic E-state index is 5.59. The second-order valence-electron chi connectivity index (χ2n) is 5.55. The summed E-state index contributed by atoms with van der Waals surface area (Å²) in [6, 6.07) is 4.32. The van der Waals surface area contributed by atoms with Gasteiger partial charge in [0, 0.05) is 17.9 Å². The number of nitrogens with zero attached hydrogens (tertiary/aromatic N) is 1. The van der Waals surface area contributed by atoms with E-state index in [9.17, 15) is 0 Å². The molecule has 0 fully saturated rings. The Balaban J connectivity index is 2.64. The topological polar surface area (TPSA) is 50.9 Å². The van der Waals surface area contributed by atoms with Gasteiger partial charge in [-0.05, 0) is 36.8 Å². The highest BCUT2D eigenvalue weighted by Gasteiger charge is 2.15. The number of nitrogens with one attached hydrogen (secondary N) is 1. The lowest BCUT2D eigenvalue weighted by Gasteiger charge is -2.22. The van der Waals surface area contributed by atoms with Crippen LogP contribution in [0.25, 0.3) is 0 Å². The first-order valence-corrected chi connectivity index (χ1v) is 5.81. The Morgan fingerprint density at radius 3 is 2.50 bits per heavy atom. The molecule has 0 aliphatic heterocycles. The smallest absolute Gasteiger partial charge is 0.0475 e. The number of nitrogens with two attached hydrogens (primary N) is 1. The number of pyridine rings is 1. The number of aromatic nitrogens is 1. The monoisotopic (exact) mass is 221 g/mol. The van der Waals surface area contributed by atoms with Gasteiger partial charge in [0.05, 0.1) is 0 Å². The minimum atomic E-state index is 0.201. The quantitative estimate of drug-likeness (QED) is 0.607. The van der Waals surface area contributed by atoms with E-state index in [0.717, 1.165) is 24.1 Å². The fraction of sp³-hybridized carbons (Fsp3) is 0.615. The molecule has 3 nitrogen and oxygen atoms in total. The van der Waals surface area contributed by atoms with Crippen LogP contribution in [0.1, 0.15) is 50.9 Å². The van der Waals surface area contributed by atoms with Crippen LogP contribution in [0.3, 0.4) is 0 Å². The maximum Gasteiger partial charge on any atom is 0.0475 e. The van der Waals surface area contributed by atoms with Crippen LogP contribution in [0.2, 0.25) is 0 Å². The van der Waals surface area contributed by atoms with Gasteiger partial charge in [0.2, 0.25) is 0 Å². The predicted octanol–water partition coefficient (Wildman–Crippen LogP) is 2.72. The first kappa shape index (κ1) is 13.1. The van der Waals surface area contributed by atoms with Gasteiger partial charge in [-0.1, -0.05) is 26.8 Å². The molecule has 1 atom stereocenters. The van der Waals surface area contributed by atoms with Crippen molar-refractivity contribution < 1.29 is 0 Å². The third-order valence-corrected chi connectivity index (χ3v) is 2.72. The third-order valence-electron chi connectivity index (χ3n) is 2.72. The highest BCUT2D eigenvalue weighted by Crippen LogP contribution is 2.26. The van der Waals surface area contributed by atoms with Crippen molar-refractivity contribution in [3.05, 3.63) is 29.6 Å². The first-order chi connectivity index (χ1) is 7.42. The molecule has 0 amide bonds. The lowest BCUT2D eigenvalue weighted by molar-refractivity contribution is 0.333. The van der Waals surface area contributed by atoms with Crippen molar-refractivity contribution in [3.8, 4) is 0 Å². The third kappa shape index (κ3) is 4.29. The van der Waals surface area contributed by atoms with Crippen molar-refractivity contribution in [2.45, 2.75) is 46.6 Å². The molecule has 1 aromatic heterocycles. The van der Waals surface area contributed by atoms with Crippen molar-refractivity contribution in [2.24, 2.45) is 11.3 Å². The molecule has 0 spiro atoms. The van der Waals surface area contributed by atoms with Gasteiger partial charge in [0.1, 0.15) is 0 Å². The van der Waals surface area contributed by atoms with Crippen LogP contribution >= 0.6 is 0 Å². The van der Waals surface area contributed by atoms with Crippen LogP contribution in [0.4, 0.5) is 0 Å². The summed E-state index contributed by atoms with van der Waals surface area (Å²) in [5.74, 6) is 5.59. The zero-order valence-corrected chi connectivity index (χ0v) is 10.7. The zero-order valence-electron chi connectivity index (χ0n) is 10.7. The molecule has 16 heavy (non-hydrogen) atoms. The Labute approximate surface area is 98.4 Å². The summed E-state index contributed by atoms with van der Waals surface area (Å²) in [6.45, 7) is 8.72. The summed E-state index contributed by atoms with van der Waals surface area (Å²) in [5, 5.41) is 0. The van der Waals surface area contributed by atoms with Gasteiger partial charge in [0.15, 0.2) is 0 Å². The number of hydrogen-bond donors (Lipinski definition) is 2. The van der Waals surface area contributed by atoms with Gasteiger partial charge < -0.3 is 0 Å². The molecule has 1 unspecified atom stereocenters. The molecule has 1 rings (SSSR count). The average molecular weight is 221 g/mol. The standard InChI is InChI=1S/C13H23N3/c1-10-5-6-11(9-15-10)12(16-14)7-8-13(2,3)4/h5-6,9,12,16H,7-8,14H2,1-4H3. The van der Waals surface area contributed by atoms with Crippen molar-refractivity contribution in [1.82, 2.24) is 10.4 Å². The van der Waals surface area contributed by atoms with E-state index in [1.165, 1.54) is 0 Å². The highest BCUT2D eigenvalue weighted by atomic mass is 15.2. The van der Waals surface area contributed by atoms with Gasteiger partial charge in [-0.25, -0.2) is 0 Å². The van der Waals surface area contributed by atoms with Gasteiger partial charge in [-0.15, -0.1) is 0 Å². The van der Waals surface area contributed by atoms with E-state index in [4.69, 9.17) is 5.84 Å². The average Bonchev–Trinajstić information content (AvgIpc) is 2.20. The van der Waals surface area contributed by atoms with E-state index < -0.39 is 0 Å². The summed E-state index contributed by atoms with van der Waals surface area (Å²) >= 11 is 0. The molecule has 0 aliphatic carbocycles. The molecule has 0 aliphatic rings. The van der Waals surface area contributed by atoms with E-state index >= 15 is 0 Å². The van der Waals surface area contributed by atoms with Crippen LogP contribution in [0.15, 0.2) is 18.3 Å². The summed E-state index contributed by atoms with van der Waals surface area (Å²) in [7, 11) is 0. The number of aryl methyl sites for hydroxylation is 1. The van der Waals surface area contributed by atoms with Crippen molar-refractivity contribution in [3.63, 3.8) is 0 Å². The summed E-state index contributed by atoms with van der Waals surface area (Å²) in [4.78, 5) is 4.30. The Morgan fingerprint density at radius 2 is 2.06 bits per heavy atom. The number of hydrogen-bond acceptors (Lipinski definition) is 3. The predicted molar refractivity (Wildman–Crippen MR) is 67.7 cm³/mol. The summed E-state index contributed by atoms with van der Waals surface area (Å²) in [6.07, 6.45) is 4.07. The van der Waals surface area contributed by atoms with Crippen LogP contribution in [0.5, 0.6) is 0 Å². The Hall–Kier alpha value is -0.930. The van der Waals surface area contributed by atoms with Crippen LogP contribution in [-0.2, 0) is 0 Å². The molecule has 0 bridgehead atoms. The fourth-order valence-corrected chi connectivity index (χ4v) is 1.61. The second kappa shape index (κ2) is 5.41. The maximum absolute atomic E-state index is 5.59. The largest absolute Gasteiger partial charge is 0.271 e. The normalized spacial score (nSPS) is 13.8. The summed E-state index contributed by atoms with van der Waals surface area (Å²) in [5.41, 5.74) is 5.41. The van der Waals surface area contributed by atoms with Crippen LogP contribution in [-0.4, -0.2) is 4.98 Å². The lowest BCUT2D eigenvalue weighted by Crippen LogP contribution is -2.29. The van der Waals surface area contributed by atoms with E-state index in [-0.39, 0.29) is 6.04 Å². The van der Waals surface area contributed by atoms with Crippen molar-refractivity contribution in [1.29, 1.82) is 0 Å². The molecule has 0 aromatic carbocycles. The molecule has 0 radical (unpaired) electrons. The van der Waals surface area contributed by atoms with E-state index in [0.29, 0.717) is 5.41 Å². The first-order valence-electron chi connectivity index (χ1n) is 5.81. The van der Waals surface area contributed by atoms with Gasteiger partial charge in [-0.3, -0.25) is 16.3 Å². The molecule has 3 heteroatoms. The Kier molecular flexibility index (Phi) is 4.44. The van der Waals surface area contributed by atoms with Crippen molar-refractivity contribution >= 4 is 0 Å². The highest BCUT2D eigenvalue weighted by molar-refractivity contribution is 5.16. The molecule has 0 saturated heterocycles. The molecule has 0 saturated carbocycles. The van der Waals surface area contributed by atoms with Crippen LogP contribution in [0, 0.1) is 12.3 Å². The van der Waals surface area contributed by atoms with Crippen LogP contribution < -0.4 is 11.3 Å². The second-order valence-corrected chi connectivity index (χ2v) is 5.55. The van der Waals surface area contributed by atoms with Gasteiger partial charge in [-0.2, -0.15) is 0 Å². The van der Waals surface area contributed by atoms with Crippen molar-refractivity contribution in [2.75, 3.05) is 0 Å². The van der Waals surface area contributed by atoms with E-state index in [2.05, 4.69) is 37.2 Å². The number of hydrazine groups is 1. The Bertz CT molecular complexity index is 311. The molecular formula is C13H23N3. The van der Waals surface area contributed by atoms with E-state index in [1.807, 2.05) is 19.2 Å². The SMILES string of the molecule is Cc1ccc(C(CCC(C)(C)C)NN)cn1. The van der Waals surface area contributed by atoms with Gasteiger partial charge in [0.25, 0.3) is 0 Å². The molecule has 1 aromatic rings. The molecular weight excluding hydrogens is 198 g/mol. The van der Waals surface area contributed by atoms with E-state index in [1.54, 1.807) is 0 Å². The number of rotatable bonds is 4. The summed E-state index contributed by atoms with van der Waals surface area (Å²) < 4.78 is 0. The lowest BCUT2D eigenvalue weighted by atomic mass is 9.87. The van der Waals surface area contributed by atoms with Gasteiger partial charge >= 0.3 is 0 Å². The molecule has 3 N–H and O–H groups in total. The minimum absolute atomic E-state index is 0.201. The zero-order chi connectivity index (χ0) is 12.2. The Morgan fingerprint density at radius 1 is 1.38 bits per heavy atom. The molecule has 90 valence electrons.